The van der Waals surface area contributed by atoms with E-state index >= 15 is 0 Å². The fourth-order valence-electron chi connectivity index (χ4n) is 2.67. The SMILES string of the molecule is NCc1cc(C(F)(F)F)ccc1N1CCCC(CO)C1. The van der Waals surface area contributed by atoms with Gasteiger partial charge in [-0.1, -0.05) is 0 Å². The molecule has 1 aromatic rings. The van der Waals surface area contributed by atoms with Crippen LogP contribution in [0.5, 0.6) is 0 Å². The van der Waals surface area contributed by atoms with Crippen molar-refractivity contribution in [2.45, 2.75) is 25.6 Å². The van der Waals surface area contributed by atoms with Crippen LogP contribution < -0.4 is 10.6 Å². The van der Waals surface area contributed by atoms with Crippen molar-refractivity contribution in [3.8, 4) is 0 Å². The summed E-state index contributed by atoms with van der Waals surface area (Å²) in [4.78, 5) is 2.02. The molecule has 0 bridgehead atoms. The number of aliphatic hydroxyl groups is 1. The Hall–Kier alpha value is -1.27. The Kier molecular flexibility index (Phi) is 4.55. The number of aliphatic hydroxyl groups excluding tert-OH is 1. The van der Waals surface area contributed by atoms with Crippen LogP contribution in [0.1, 0.15) is 24.0 Å². The van der Waals surface area contributed by atoms with E-state index in [1.165, 1.54) is 6.07 Å². The van der Waals surface area contributed by atoms with Crippen LogP contribution in [0.25, 0.3) is 0 Å². The lowest BCUT2D eigenvalue weighted by Crippen LogP contribution is -2.37. The number of nitrogens with zero attached hydrogens (tertiary/aromatic N) is 1. The van der Waals surface area contributed by atoms with Crippen LogP contribution >= 0.6 is 0 Å². The molecule has 1 unspecified atom stereocenters. The van der Waals surface area contributed by atoms with Gasteiger partial charge in [0.05, 0.1) is 5.56 Å². The Morgan fingerprint density at radius 2 is 2.10 bits per heavy atom. The molecule has 1 aromatic carbocycles. The van der Waals surface area contributed by atoms with Crippen molar-refractivity contribution in [1.29, 1.82) is 0 Å². The average Bonchev–Trinajstić information content (AvgIpc) is 2.45. The molecular formula is C14H19F3N2O. The molecule has 1 fully saturated rings. The maximum absolute atomic E-state index is 12.7. The van der Waals surface area contributed by atoms with Gasteiger partial charge < -0.3 is 15.7 Å². The zero-order valence-electron chi connectivity index (χ0n) is 11.2. The van der Waals surface area contributed by atoms with Gasteiger partial charge in [0, 0.05) is 31.9 Å². The molecule has 1 aliphatic rings. The quantitative estimate of drug-likeness (QED) is 0.898. The number of nitrogens with two attached hydrogens (primary N) is 1. The van der Waals surface area contributed by atoms with E-state index < -0.39 is 11.7 Å². The summed E-state index contributed by atoms with van der Waals surface area (Å²) >= 11 is 0. The Morgan fingerprint density at radius 1 is 1.35 bits per heavy atom. The first-order valence-corrected chi connectivity index (χ1v) is 6.71. The van der Waals surface area contributed by atoms with E-state index in [0.29, 0.717) is 12.1 Å². The van der Waals surface area contributed by atoms with Crippen molar-refractivity contribution < 1.29 is 18.3 Å². The minimum Gasteiger partial charge on any atom is -0.396 e. The number of benzene rings is 1. The van der Waals surface area contributed by atoms with Gasteiger partial charge in [-0.25, -0.2) is 0 Å². The van der Waals surface area contributed by atoms with Crippen molar-refractivity contribution in [3.63, 3.8) is 0 Å². The average molecular weight is 288 g/mol. The second-order valence-corrected chi connectivity index (χ2v) is 5.18. The predicted octanol–water partition coefficient (Wildman–Crippen LogP) is 2.37. The Balaban J connectivity index is 2.27. The van der Waals surface area contributed by atoms with Crippen LogP contribution in [0, 0.1) is 5.92 Å². The van der Waals surface area contributed by atoms with Crippen molar-refractivity contribution in [3.05, 3.63) is 29.3 Å². The molecule has 0 aromatic heterocycles. The van der Waals surface area contributed by atoms with E-state index in [1.807, 2.05) is 4.90 Å². The smallest absolute Gasteiger partial charge is 0.396 e. The minimum atomic E-state index is -4.35. The van der Waals surface area contributed by atoms with E-state index in [9.17, 15) is 18.3 Å². The summed E-state index contributed by atoms with van der Waals surface area (Å²) in [5.74, 6) is 0.177. The molecule has 20 heavy (non-hydrogen) atoms. The van der Waals surface area contributed by atoms with Gasteiger partial charge in [0.15, 0.2) is 0 Å². The summed E-state index contributed by atoms with van der Waals surface area (Å²) in [6, 6.07) is 3.71. The highest BCUT2D eigenvalue weighted by Crippen LogP contribution is 2.34. The highest BCUT2D eigenvalue weighted by atomic mass is 19.4. The molecular weight excluding hydrogens is 269 g/mol. The summed E-state index contributed by atoms with van der Waals surface area (Å²) in [6.45, 7) is 1.62. The molecule has 0 radical (unpaired) electrons. The maximum atomic E-state index is 12.7. The molecule has 1 heterocycles. The minimum absolute atomic E-state index is 0.0690. The first-order chi connectivity index (χ1) is 9.45. The lowest BCUT2D eigenvalue weighted by Gasteiger charge is -2.35. The summed E-state index contributed by atoms with van der Waals surface area (Å²) in [7, 11) is 0. The molecule has 1 atom stereocenters. The topological polar surface area (TPSA) is 49.5 Å². The molecule has 0 saturated carbocycles. The van der Waals surface area contributed by atoms with E-state index in [1.54, 1.807) is 0 Å². The first kappa shape index (κ1) is 15.1. The lowest BCUT2D eigenvalue weighted by atomic mass is 9.97. The van der Waals surface area contributed by atoms with Crippen LogP contribution in [0.3, 0.4) is 0 Å². The predicted molar refractivity (Wildman–Crippen MR) is 71.4 cm³/mol. The van der Waals surface area contributed by atoms with Crippen molar-refractivity contribution in [2.75, 3.05) is 24.6 Å². The van der Waals surface area contributed by atoms with Crippen molar-refractivity contribution in [1.82, 2.24) is 0 Å². The summed E-state index contributed by atoms with van der Waals surface area (Å²) in [5, 5.41) is 9.23. The second-order valence-electron chi connectivity index (χ2n) is 5.18. The number of anilines is 1. The molecule has 3 nitrogen and oxygen atoms in total. The van der Waals surface area contributed by atoms with E-state index in [-0.39, 0.29) is 19.1 Å². The van der Waals surface area contributed by atoms with E-state index in [4.69, 9.17) is 5.73 Å². The zero-order valence-corrected chi connectivity index (χ0v) is 11.2. The number of rotatable bonds is 3. The van der Waals surface area contributed by atoms with Crippen LogP contribution in [0.4, 0.5) is 18.9 Å². The molecule has 112 valence electrons. The van der Waals surface area contributed by atoms with Gasteiger partial charge >= 0.3 is 6.18 Å². The Bertz CT molecular complexity index is 462. The number of hydrogen-bond acceptors (Lipinski definition) is 3. The zero-order chi connectivity index (χ0) is 14.8. The highest BCUT2D eigenvalue weighted by molar-refractivity contribution is 5.55. The molecule has 3 N–H and O–H groups in total. The van der Waals surface area contributed by atoms with E-state index in [2.05, 4.69) is 0 Å². The molecule has 6 heteroatoms. The fraction of sp³-hybridized carbons (Fsp3) is 0.571. The molecule has 2 rings (SSSR count). The number of piperidine rings is 1. The normalized spacial score (nSPS) is 20.2. The van der Waals surface area contributed by atoms with Crippen LogP contribution in [0.2, 0.25) is 0 Å². The van der Waals surface area contributed by atoms with Crippen molar-refractivity contribution in [2.24, 2.45) is 11.7 Å². The largest absolute Gasteiger partial charge is 0.416 e. The molecule has 1 aliphatic heterocycles. The van der Waals surface area contributed by atoms with Gasteiger partial charge in [-0.15, -0.1) is 0 Å². The highest BCUT2D eigenvalue weighted by Gasteiger charge is 2.31. The maximum Gasteiger partial charge on any atom is 0.416 e. The summed E-state index contributed by atoms with van der Waals surface area (Å²) < 4.78 is 38.1. The van der Waals surface area contributed by atoms with Gasteiger partial charge in [-0.2, -0.15) is 13.2 Å². The summed E-state index contributed by atoms with van der Waals surface area (Å²) in [6.07, 6.45) is -2.47. The number of halogens is 3. The number of alkyl halides is 3. The van der Waals surface area contributed by atoms with Gasteiger partial charge in [0.2, 0.25) is 0 Å². The van der Waals surface area contributed by atoms with E-state index in [0.717, 1.165) is 37.2 Å². The standard InChI is InChI=1S/C14H19F3N2O/c15-14(16,17)12-3-4-13(11(6-12)7-18)19-5-1-2-10(8-19)9-20/h3-4,6,10,20H,1-2,5,7-9,18H2. The second kappa shape index (κ2) is 6.01. The van der Waals surface area contributed by atoms with Gasteiger partial charge in [-0.05, 0) is 42.5 Å². The fourth-order valence-corrected chi connectivity index (χ4v) is 2.67. The Labute approximate surface area is 116 Å². The van der Waals surface area contributed by atoms with Crippen LogP contribution in [0.15, 0.2) is 18.2 Å². The Morgan fingerprint density at radius 3 is 2.70 bits per heavy atom. The van der Waals surface area contributed by atoms with Gasteiger partial charge in [0.1, 0.15) is 0 Å². The third-order valence-electron chi connectivity index (χ3n) is 3.74. The van der Waals surface area contributed by atoms with Crippen molar-refractivity contribution >= 4 is 5.69 Å². The van der Waals surface area contributed by atoms with Gasteiger partial charge in [0.25, 0.3) is 0 Å². The molecule has 0 aliphatic carbocycles. The lowest BCUT2D eigenvalue weighted by molar-refractivity contribution is -0.137. The number of hydrogen-bond donors (Lipinski definition) is 2. The van der Waals surface area contributed by atoms with Crippen LogP contribution in [-0.2, 0) is 12.7 Å². The molecule has 0 amide bonds. The third kappa shape index (κ3) is 3.24. The molecule has 1 saturated heterocycles. The first-order valence-electron chi connectivity index (χ1n) is 6.71. The third-order valence-corrected chi connectivity index (χ3v) is 3.74. The molecule has 0 spiro atoms. The van der Waals surface area contributed by atoms with Gasteiger partial charge in [-0.3, -0.25) is 0 Å². The van der Waals surface area contributed by atoms with Crippen LogP contribution in [-0.4, -0.2) is 24.8 Å². The summed E-state index contributed by atoms with van der Waals surface area (Å²) in [5.41, 5.74) is 6.17. The monoisotopic (exact) mass is 288 g/mol.